The third-order valence-electron chi connectivity index (χ3n) is 7.16. The summed E-state index contributed by atoms with van der Waals surface area (Å²) in [5.41, 5.74) is 3.41. The van der Waals surface area contributed by atoms with Crippen molar-refractivity contribution in [2.24, 2.45) is 0 Å². The van der Waals surface area contributed by atoms with Gasteiger partial charge in [0.05, 0.1) is 35.0 Å². The molecule has 16 heteroatoms. The highest BCUT2D eigenvalue weighted by Crippen LogP contribution is 2.24. The van der Waals surface area contributed by atoms with Crippen molar-refractivity contribution < 1.29 is 48.0 Å². The maximum Gasteiger partial charge on any atom is 0.342 e. The molecule has 3 atom stereocenters. The van der Waals surface area contributed by atoms with Crippen molar-refractivity contribution in [2.45, 2.75) is 112 Å². The van der Waals surface area contributed by atoms with Gasteiger partial charge >= 0.3 is 17.9 Å². The molecule has 0 bridgehead atoms. The molecule has 0 saturated carbocycles. The molecule has 0 spiro atoms. The number of Topliss-reactive ketones (excluding diaryl/α,β-unsaturated/α-hetero) is 1. The lowest BCUT2D eigenvalue weighted by Gasteiger charge is -2.21. The number of rotatable bonds is 10. The number of methoxy groups -OCH3 is 3. The van der Waals surface area contributed by atoms with Crippen molar-refractivity contribution in [3.05, 3.63) is 58.4 Å². The van der Waals surface area contributed by atoms with E-state index in [-0.39, 0.29) is 30.0 Å². The van der Waals surface area contributed by atoms with E-state index in [1.54, 1.807) is 52.3 Å². The third-order valence-corrected chi connectivity index (χ3v) is 7.16. The van der Waals surface area contributed by atoms with Crippen LogP contribution in [0, 0.1) is 13.8 Å². The first-order chi connectivity index (χ1) is 24.0. The van der Waals surface area contributed by atoms with Gasteiger partial charge in [-0.1, -0.05) is 0 Å². The molecule has 0 aliphatic rings. The molecule has 286 valence electrons. The van der Waals surface area contributed by atoms with Crippen LogP contribution < -0.4 is 0 Å². The number of ketones is 1. The van der Waals surface area contributed by atoms with Gasteiger partial charge in [-0.05, 0) is 76.2 Å². The lowest BCUT2D eigenvalue weighted by Crippen LogP contribution is -2.28. The van der Waals surface area contributed by atoms with Crippen LogP contribution in [0.25, 0.3) is 11.3 Å². The minimum absolute atomic E-state index is 0.106. The molecule has 0 fully saturated rings. The maximum absolute atomic E-state index is 12.4. The predicted molar refractivity (Wildman–Crippen MR) is 190 cm³/mol. The molecule has 0 saturated heterocycles. The van der Waals surface area contributed by atoms with E-state index in [9.17, 15) is 19.2 Å². The Kier molecular flexibility index (Phi) is 15.1. The number of aromatic carboxylic acids is 1. The fraction of sp³-hybridized carbons (Fsp3) is 0.556. The molecule has 16 nitrogen and oxygen atoms in total. The van der Waals surface area contributed by atoms with Crippen LogP contribution >= 0.6 is 0 Å². The monoisotopic (exact) mass is 728 g/mol. The van der Waals surface area contributed by atoms with Crippen molar-refractivity contribution in [2.75, 3.05) is 21.3 Å². The van der Waals surface area contributed by atoms with E-state index < -0.39 is 35.2 Å². The van der Waals surface area contributed by atoms with Crippen LogP contribution in [0.3, 0.4) is 0 Å². The number of fused-ring (bicyclic) bond motifs is 2. The Bertz CT molecular complexity index is 1870. The van der Waals surface area contributed by atoms with Crippen LogP contribution in [-0.4, -0.2) is 96.6 Å². The van der Waals surface area contributed by atoms with E-state index in [1.165, 1.54) is 31.1 Å². The first-order valence-corrected chi connectivity index (χ1v) is 16.5. The van der Waals surface area contributed by atoms with Crippen LogP contribution in [0.1, 0.15) is 124 Å². The highest BCUT2D eigenvalue weighted by molar-refractivity contribution is 5.97. The van der Waals surface area contributed by atoms with Crippen LogP contribution in [0.5, 0.6) is 0 Å². The zero-order valence-electron chi connectivity index (χ0n) is 32.6. The SMILES string of the molecule is CO[C@@H](C)C(=O)CC(=O)OC(C)(C)C.CO[C@@H](C)c1c(C(=O)O)cnc2cc(C)nn12.CO[C@@H](C)c1c(C(=O)OC(C)(C)C)cnc2cc(C)nn12. The lowest BCUT2D eigenvalue weighted by atomic mass is 10.1. The van der Waals surface area contributed by atoms with Crippen LogP contribution in [-0.2, 0) is 33.3 Å². The molecule has 0 aromatic carbocycles. The molecule has 1 N–H and O–H groups in total. The second-order valence-corrected chi connectivity index (χ2v) is 13.9. The van der Waals surface area contributed by atoms with E-state index in [1.807, 2.05) is 47.6 Å². The summed E-state index contributed by atoms with van der Waals surface area (Å²) in [5, 5.41) is 17.8. The number of aromatic nitrogens is 6. The summed E-state index contributed by atoms with van der Waals surface area (Å²) < 4.78 is 28.9. The largest absolute Gasteiger partial charge is 0.478 e. The summed E-state index contributed by atoms with van der Waals surface area (Å²) in [5.74, 6) is -2.23. The molecule has 4 aromatic rings. The number of aryl methyl sites for hydroxylation is 2. The number of carboxylic acids is 1. The van der Waals surface area contributed by atoms with Crippen molar-refractivity contribution in [1.82, 2.24) is 29.2 Å². The Morgan fingerprint density at radius 3 is 1.52 bits per heavy atom. The Morgan fingerprint density at radius 2 is 1.13 bits per heavy atom. The van der Waals surface area contributed by atoms with Gasteiger partial charge < -0.3 is 28.8 Å². The summed E-state index contributed by atoms with van der Waals surface area (Å²) >= 11 is 0. The van der Waals surface area contributed by atoms with Crippen molar-refractivity contribution in [3.63, 3.8) is 0 Å². The van der Waals surface area contributed by atoms with Crippen molar-refractivity contribution >= 4 is 35.0 Å². The summed E-state index contributed by atoms with van der Waals surface area (Å²) in [4.78, 5) is 54.3. The minimum atomic E-state index is -1.04. The Hall–Kier alpha value is -4.80. The minimum Gasteiger partial charge on any atom is -0.478 e. The Balaban J connectivity index is 0.000000277. The van der Waals surface area contributed by atoms with Crippen LogP contribution in [0.4, 0.5) is 0 Å². The third kappa shape index (κ3) is 12.2. The highest BCUT2D eigenvalue weighted by Gasteiger charge is 2.26. The second kappa shape index (κ2) is 18.1. The zero-order valence-corrected chi connectivity index (χ0v) is 32.6. The van der Waals surface area contributed by atoms with E-state index in [0.717, 1.165) is 11.4 Å². The molecule has 4 aromatic heterocycles. The zero-order chi connectivity index (χ0) is 39.7. The number of hydrogen-bond donors (Lipinski definition) is 1. The molecular formula is C36H52N6O10. The van der Waals surface area contributed by atoms with Gasteiger partial charge in [-0.15, -0.1) is 0 Å². The number of carbonyl (C=O) groups excluding carboxylic acids is 3. The van der Waals surface area contributed by atoms with E-state index in [4.69, 9.17) is 28.8 Å². The molecule has 4 heterocycles. The fourth-order valence-electron chi connectivity index (χ4n) is 4.59. The normalized spacial score (nSPS) is 13.3. The quantitative estimate of drug-likeness (QED) is 0.160. The molecule has 0 unspecified atom stereocenters. The van der Waals surface area contributed by atoms with Gasteiger partial charge in [0.2, 0.25) is 0 Å². The standard InChI is InChI=1S/C15H21N3O3.C11H13N3O3.C10H18O4/c1-9-7-12-16-8-11(14(19)21-15(3,4)5)13(10(2)20-6)18(12)17-9;1-6-4-9-12-5-8(11(15)16)10(7(2)17-3)14(9)13-6;1-7(13-5)8(11)6-9(12)14-10(2,3)4/h7-8,10H,1-6H3;4-5,7H,1-3H3,(H,15,16);7H,6H2,1-5H3/t10-;2*7-/m000/s1. The number of carbonyl (C=O) groups is 4. The van der Waals surface area contributed by atoms with Gasteiger partial charge in [-0.3, -0.25) is 9.59 Å². The van der Waals surface area contributed by atoms with Gasteiger partial charge in [0.15, 0.2) is 17.1 Å². The summed E-state index contributed by atoms with van der Waals surface area (Å²) in [6.45, 7) is 19.7. The molecule has 0 aliphatic heterocycles. The average Bonchev–Trinajstić information content (AvgIpc) is 3.61. The van der Waals surface area contributed by atoms with Crippen LogP contribution in [0.2, 0.25) is 0 Å². The molecular weight excluding hydrogens is 676 g/mol. The Morgan fingerprint density at radius 1 is 0.712 bits per heavy atom. The van der Waals surface area contributed by atoms with Crippen molar-refractivity contribution in [1.29, 1.82) is 0 Å². The van der Waals surface area contributed by atoms with E-state index in [0.29, 0.717) is 28.2 Å². The second-order valence-electron chi connectivity index (χ2n) is 13.9. The average molecular weight is 729 g/mol. The Labute approximate surface area is 303 Å². The van der Waals surface area contributed by atoms with Crippen molar-refractivity contribution in [3.8, 4) is 0 Å². The molecule has 0 amide bonds. The predicted octanol–water partition coefficient (Wildman–Crippen LogP) is 5.47. The number of hydrogen-bond acceptors (Lipinski definition) is 13. The molecule has 52 heavy (non-hydrogen) atoms. The number of nitrogens with zero attached hydrogens (tertiary/aromatic N) is 6. The summed E-state index contributed by atoms with van der Waals surface area (Å²) in [6, 6.07) is 3.64. The van der Waals surface area contributed by atoms with E-state index in [2.05, 4.69) is 20.2 Å². The van der Waals surface area contributed by atoms with Gasteiger partial charge in [0, 0.05) is 45.9 Å². The maximum atomic E-state index is 12.4. The highest BCUT2D eigenvalue weighted by atomic mass is 16.6. The number of esters is 2. The van der Waals surface area contributed by atoms with Gasteiger partial charge in [-0.2, -0.15) is 10.2 Å². The smallest absolute Gasteiger partial charge is 0.342 e. The first kappa shape index (κ1) is 43.4. The van der Waals surface area contributed by atoms with Crippen LogP contribution in [0.15, 0.2) is 24.5 Å². The number of ether oxygens (including phenoxy) is 5. The summed E-state index contributed by atoms with van der Waals surface area (Å²) in [7, 11) is 4.54. The summed E-state index contributed by atoms with van der Waals surface area (Å²) in [6.07, 6.45) is 1.40. The number of carboxylic acid groups (broad SMARTS) is 1. The lowest BCUT2D eigenvalue weighted by molar-refractivity contribution is -0.157. The van der Waals surface area contributed by atoms with E-state index >= 15 is 0 Å². The first-order valence-electron chi connectivity index (χ1n) is 16.5. The van der Waals surface area contributed by atoms with Gasteiger partial charge in [0.1, 0.15) is 34.9 Å². The molecule has 0 radical (unpaired) electrons. The topological polar surface area (TPSA) is 195 Å². The molecule has 0 aliphatic carbocycles. The van der Waals surface area contributed by atoms with Gasteiger partial charge in [-0.25, -0.2) is 28.6 Å². The van der Waals surface area contributed by atoms with Gasteiger partial charge in [0.25, 0.3) is 0 Å². The molecule has 4 rings (SSSR count). The fourth-order valence-corrected chi connectivity index (χ4v) is 4.59.